The molecule has 0 saturated carbocycles. The largest absolute Gasteiger partial charge is 0.308 e. The lowest BCUT2D eigenvalue weighted by atomic mass is 9.73. The molecule has 0 radical (unpaired) electrons. The molecule has 9 aromatic carbocycles. The topological polar surface area (TPSA) is 6.48 Å². The van der Waals surface area contributed by atoms with Crippen LogP contribution in [0.1, 0.15) is 49.9 Å². The second kappa shape index (κ2) is 13.7. The first kappa shape index (κ1) is 36.0. The van der Waals surface area contributed by atoms with Crippen molar-refractivity contribution in [1.29, 1.82) is 0 Å². The monoisotopic (exact) mass is 770 g/mol. The van der Waals surface area contributed by atoms with Crippen LogP contribution in [0.15, 0.2) is 206 Å². The maximum absolute atomic E-state index is 2.57. The zero-order valence-corrected chi connectivity index (χ0v) is 34.5. The normalized spacial score (nSPS) is 14.2. The van der Waals surface area contributed by atoms with Crippen LogP contribution in [0.3, 0.4) is 0 Å². The van der Waals surface area contributed by atoms with E-state index in [0.29, 0.717) is 0 Å². The van der Waals surface area contributed by atoms with E-state index in [1.54, 1.807) is 0 Å². The van der Waals surface area contributed by atoms with Crippen LogP contribution >= 0.6 is 0 Å². The predicted octanol–water partition coefficient (Wildman–Crippen LogP) is 16.1. The summed E-state index contributed by atoms with van der Waals surface area (Å²) in [5, 5.41) is 2.39. The predicted molar refractivity (Wildman–Crippen MR) is 254 cm³/mol. The standard InChI is InChI=1S/C58H46N2/c1-57(2)49-24-14-13-23-47(49)48-34-29-42(37-52(48)57)43-30-35-51-55(38-43)60(53-26-16-15-25-50(53)58(51,3)4)56-46-22-12-11-19-41(46)31-36-54(56)59(44-20-9-6-10-21-44)45-32-27-40(28-33-45)39-17-7-5-8-18-39/h5-38H,1-4H3. The molecule has 0 N–H and O–H groups in total. The molecule has 2 aliphatic rings. The first-order valence-electron chi connectivity index (χ1n) is 21.1. The van der Waals surface area contributed by atoms with Gasteiger partial charge in [0.05, 0.1) is 22.7 Å². The number of hydrogen-bond acceptors (Lipinski definition) is 2. The zero-order valence-electron chi connectivity index (χ0n) is 34.5. The summed E-state index contributed by atoms with van der Waals surface area (Å²) >= 11 is 0. The summed E-state index contributed by atoms with van der Waals surface area (Å²) in [6.07, 6.45) is 0. The summed E-state index contributed by atoms with van der Waals surface area (Å²) in [5.41, 5.74) is 19.4. The molecule has 2 heteroatoms. The first-order valence-corrected chi connectivity index (χ1v) is 21.1. The van der Waals surface area contributed by atoms with Gasteiger partial charge in [-0.1, -0.05) is 185 Å². The van der Waals surface area contributed by atoms with Gasteiger partial charge in [-0.2, -0.15) is 0 Å². The van der Waals surface area contributed by atoms with Crippen molar-refractivity contribution < 1.29 is 0 Å². The summed E-state index contributed by atoms with van der Waals surface area (Å²) in [6.45, 7) is 9.49. The van der Waals surface area contributed by atoms with Gasteiger partial charge in [-0.05, 0) is 110 Å². The highest BCUT2D eigenvalue weighted by atomic mass is 15.2. The highest BCUT2D eigenvalue weighted by molar-refractivity contribution is 6.09. The Balaban J connectivity index is 1.15. The lowest BCUT2D eigenvalue weighted by Crippen LogP contribution is -2.31. The van der Waals surface area contributed by atoms with Crippen LogP contribution in [0.25, 0.3) is 44.2 Å². The third-order valence-electron chi connectivity index (χ3n) is 13.2. The average molecular weight is 771 g/mol. The fourth-order valence-electron chi connectivity index (χ4n) is 10.1. The SMILES string of the molecule is CC1(C)c2ccccc2-c2ccc(-c3ccc4c(c3)N(c3c(N(c5ccccc5)c5ccc(-c6ccccc6)cc5)ccc5ccccc35)c3ccccc3C4(C)C)cc21. The van der Waals surface area contributed by atoms with Crippen LogP contribution in [-0.2, 0) is 10.8 Å². The molecular weight excluding hydrogens is 725 g/mol. The van der Waals surface area contributed by atoms with Crippen molar-refractivity contribution in [3.05, 3.63) is 229 Å². The molecule has 1 aliphatic heterocycles. The molecule has 0 saturated heterocycles. The minimum absolute atomic E-state index is 0.0822. The molecule has 60 heavy (non-hydrogen) atoms. The summed E-state index contributed by atoms with van der Waals surface area (Å²) < 4.78 is 0. The number of hydrogen-bond donors (Lipinski definition) is 0. The molecule has 1 heterocycles. The van der Waals surface area contributed by atoms with Crippen molar-refractivity contribution in [2.24, 2.45) is 0 Å². The van der Waals surface area contributed by atoms with Gasteiger partial charge in [0.1, 0.15) is 0 Å². The lowest BCUT2D eigenvalue weighted by Gasteiger charge is -2.44. The Morgan fingerprint density at radius 2 is 0.917 bits per heavy atom. The van der Waals surface area contributed by atoms with Crippen LogP contribution in [0.4, 0.5) is 34.1 Å². The van der Waals surface area contributed by atoms with Crippen molar-refractivity contribution in [2.75, 3.05) is 9.80 Å². The van der Waals surface area contributed by atoms with Gasteiger partial charge in [-0.15, -0.1) is 0 Å². The molecule has 0 atom stereocenters. The third kappa shape index (κ3) is 5.55. The summed E-state index contributed by atoms with van der Waals surface area (Å²) in [7, 11) is 0. The van der Waals surface area contributed by atoms with Crippen LogP contribution < -0.4 is 9.80 Å². The minimum atomic E-state index is -0.236. The lowest BCUT2D eigenvalue weighted by molar-refractivity contribution is 0.632. The Labute approximate surface area is 353 Å². The second-order valence-electron chi connectivity index (χ2n) is 17.4. The van der Waals surface area contributed by atoms with Crippen LogP contribution in [-0.4, -0.2) is 0 Å². The van der Waals surface area contributed by atoms with E-state index in [2.05, 4.69) is 244 Å². The number of fused-ring (bicyclic) bond motifs is 6. The van der Waals surface area contributed by atoms with Gasteiger partial charge in [0.25, 0.3) is 0 Å². The quantitative estimate of drug-likeness (QED) is 0.166. The van der Waals surface area contributed by atoms with Gasteiger partial charge in [-0.3, -0.25) is 0 Å². The molecule has 0 unspecified atom stereocenters. The maximum atomic E-state index is 2.57. The van der Waals surface area contributed by atoms with Crippen molar-refractivity contribution in [3.63, 3.8) is 0 Å². The van der Waals surface area contributed by atoms with E-state index in [1.807, 2.05) is 0 Å². The van der Waals surface area contributed by atoms with Gasteiger partial charge in [0, 0.05) is 27.6 Å². The third-order valence-corrected chi connectivity index (χ3v) is 13.2. The smallest absolute Gasteiger partial charge is 0.0781 e. The van der Waals surface area contributed by atoms with Crippen molar-refractivity contribution in [2.45, 2.75) is 38.5 Å². The molecular formula is C58H46N2. The van der Waals surface area contributed by atoms with Gasteiger partial charge in [0.2, 0.25) is 0 Å². The van der Waals surface area contributed by atoms with Gasteiger partial charge in [-0.25, -0.2) is 0 Å². The molecule has 11 rings (SSSR count). The fraction of sp³-hybridized carbons (Fsp3) is 0.103. The molecule has 0 bridgehead atoms. The van der Waals surface area contributed by atoms with E-state index in [1.165, 1.54) is 77.8 Å². The average Bonchev–Trinajstić information content (AvgIpc) is 3.53. The number of para-hydroxylation sites is 2. The Morgan fingerprint density at radius 3 is 1.72 bits per heavy atom. The van der Waals surface area contributed by atoms with Crippen LogP contribution in [0.5, 0.6) is 0 Å². The molecule has 9 aromatic rings. The van der Waals surface area contributed by atoms with Crippen molar-refractivity contribution >= 4 is 44.9 Å². The molecule has 0 fully saturated rings. The van der Waals surface area contributed by atoms with Crippen LogP contribution in [0, 0.1) is 0 Å². The molecule has 2 nitrogen and oxygen atoms in total. The highest BCUT2D eigenvalue weighted by Crippen LogP contribution is 2.57. The summed E-state index contributed by atoms with van der Waals surface area (Å²) in [6, 6.07) is 76.2. The van der Waals surface area contributed by atoms with E-state index in [4.69, 9.17) is 0 Å². The molecule has 0 amide bonds. The van der Waals surface area contributed by atoms with E-state index >= 15 is 0 Å². The van der Waals surface area contributed by atoms with E-state index in [0.717, 1.165) is 22.7 Å². The number of benzene rings is 9. The van der Waals surface area contributed by atoms with E-state index in [9.17, 15) is 0 Å². The van der Waals surface area contributed by atoms with Crippen molar-refractivity contribution in [3.8, 4) is 33.4 Å². The molecule has 0 aromatic heterocycles. The molecule has 0 spiro atoms. The number of anilines is 6. The van der Waals surface area contributed by atoms with Gasteiger partial charge < -0.3 is 9.80 Å². The minimum Gasteiger partial charge on any atom is -0.308 e. The zero-order chi connectivity index (χ0) is 40.6. The molecule has 1 aliphatic carbocycles. The van der Waals surface area contributed by atoms with E-state index in [-0.39, 0.29) is 10.8 Å². The van der Waals surface area contributed by atoms with Crippen LogP contribution in [0.2, 0.25) is 0 Å². The Bertz CT molecular complexity index is 3090. The van der Waals surface area contributed by atoms with Crippen molar-refractivity contribution in [1.82, 2.24) is 0 Å². The Morgan fingerprint density at radius 1 is 0.367 bits per heavy atom. The van der Waals surface area contributed by atoms with E-state index < -0.39 is 0 Å². The second-order valence-corrected chi connectivity index (χ2v) is 17.4. The van der Waals surface area contributed by atoms with Gasteiger partial charge >= 0.3 is 0 Å². The van der Waals surface area contributed by atoms with Gasteiger partial charge in [0.15, 0.2) is 0 Å². The molecule has 288 valence electrons. The Hall–Kier alpha value is -7.16. The number of nitrogens with zero attached hydrogens (tertiary/aromatic N) is 2. The summed E-state index contributed by atoms with van der Waals surface area (Å²) in [5.74, 6) is 0. The first-order chi connectivity index (χ1) is 29.3. The Kier molecular flexibility index (Phi) is 8.22. The summed E-state index contributed by atoms with van der Waals surface area (Å²) in [4.78, 5) is 5.00. The fourth-order valence-corrected chi connectivity index (χ4v) is 10.1. The maximum Gasteiger partial charge on any atom is 0.0781 e. The number of rotatable bonds is 6. The highest BCUT2D eigenvalue weighted by Gasteiger charge is 2.39.